The smallest absolute Gasteiger partial charge is 0.257 e. The Labute approximate surface area is 220 Å². The van der Waals surface area contributed by atoms with Gasteiger partial charge in [-0.3, -0.25) is 9.36 Å². The van der Waals surface area contributed by atoms with E-state index in [-0.39, 0.29) is 11.6 Å². The third-order valence-corrected chi connectivity index (χ3v) is 7.34. The number of nitrogens with one attached hydrogen (secondary N) is 1. The van der Waals surface area contributed by atoms with Crippen LogP contribution in [0, 0.1) is 6.92 Å². The van der Waals surface area contributed by atoms with Crippen LogP contribution in [0.15, 0.2) is 59.4 Å². The molecule has 9 heteroatoms. The summed E-state index contributed by atoms with van der Waals surface area (Å²) in [6.45, 7) is 5.49. The molecule has 194 valence electrons. The van der Waals surface area contributed by atoms with E-state index in [4.69, 9.17) is 9.84 Å². The van der Waals surface area contributed by atoms with Gasteiger partial charge in [0.15, 0.2) is 0 Å². The Balaban J connectivity index is 1.41. The summed E-state index contributed by atoms with van der Waals surface area (Å²) in [7, 11) is 0. The molecule has 9 nitrogen and oxygen atoms in total. The van der Waals surface area contributed by atoms with Gasteiger partial charge in [-0.15, -0.1) is 10.2 Å². The molecule has 0 atom stereocenters. The molecule has 4 heterocycles. The SMILES string of the molecule is CCCc1c(Cc2ccc(-c3ccccc3-c3nn[nH]n3)cc2)c(=O)n(C2CCOCC2)c2cc(C)nn12. The van der Waals surface area contributed by atoms with Crippen LogP contribution in [0.4, 0.5) is 0 Å². The van der Waals surface area contributed by atoms with Crippen molar-refractivity contribution >= 4 is 5.65 Å². The Morgan fingerprint density at radius 1 is 1.05 bits per heavy atom. The van der Waals surface area contributed by atoms with E-state index in [2.05, 4.69) is 57.9 Å². The molecule has 1 aliphatic rings. The first kappa shape index (κ1) is 24.2. The Bertz CT molecular complexity index is 1610. The summed E-state index contributed by atoms with van der Waals surface area (Å²) in [5, 5.41) is 19.4. The number of aryl methyl sites for hydroxylation is 2. The summed E-state index contributed by atoms with van der Waals surface area (Å²) in [4.78, 5) is 14.1. The maximum absolute atomic E-state index is 14.1. The molecule has 1 N–H and O–H groups in total. The van der Waals surface area contributed by atoms with Crippen molar-refractivity contribution < 1.29 is 4.74 Å². The molecule has 6 rings (SSSR count). The van der Waals surface area contributed by atoms with Crippen LogP contribution >= 0.6 is 0 Å². The number of benzene rings is 2. The van der Waals surface area contributed by atoms with Gasteiger partial charge in [0.25, 0.3) is 5.56 Å². The molecule has 5 aromatic rings. The predicted molar refractivity (Wildman–Crippen MR) is 145 cm³/mol. The van der Waals surface area contributed by atoms with Crippen LogP contribution in [0.5, 0.6) is 0 Å². The van der Waals surface area contributed by atoms with Gasteiger partial charge in [0.05, 0.1) is 11.4 Å². The van der Waals surface area contributed by atoms with E-state index in [1.165, 1.54) is 0 Å². The van der Waals surface area contributed by atoms with Gasteiger partial charge in [0, 0.05) is 42.9 Å². The Hall–Kier alpha value is -4.11. The summed E-state index contributed by atoms with van der Waals surface area (Å²) in [5.74, 6) is 0.561. The van der Waals surface area contributed by atoms with Crippen LogP contribution in [-0.4, -0.2) is 48.0 Å². The first-order valence-corrected chi connectivity index (χ1v) is 13.3. The predicted octanol–water partition coefficient (Wildman–Crippen LogP) is 4.55. The molecule has 1 aliphatic heterocycles. The van der Waals surface area contributed by atoms with Gasteiger partial charge >= 0.3 is 0 Å². The molecular formula is C29H31N7O2. The molecular weight excluding hydrogens is 478 g/mol. The normalized spacial score (nSPS) is 14.4. The zero-order valence-corrected chi connectivity index (χ0v) is 21.7. The first-order chi connectivity index (χ1) is 18.6. The molecule has 0 saturated carbocycles. The standard InChI is InChI=1S/C29H31N7O2/c1-3-6-26-25(29(37)35(22-13-15-38-16-14-22)27-17-19(2)32-36(26)27)18-20-9-11-21(12-10-20)23-7-4-5-8-24(23)28-30-33-34-31-28/h4-5,7-12,17,22H,3,6,13-16,18H2,1-2H3,(H,30,31,33,34). The number of aromatic nitrogens is 7. The highest BCUT2D eigenvalue weighted by Crippen LogP contribution is 2.30. The van der Waals surface area contributed by atoms with Crippen LogP contribution in [0.3, 0.4) is 0 Å². The van der Waals surface area contributed by atoms with E-state index in [9.17, 15) is 4.79 Å². The van der Waals surface area contributed by atoms with Crippen molar-refractivity contribution in [3.05, 3.63) is 87.5 Å². The molecule has 0 radical (unpaired) electrons. The number of hydrogen-bond donors (Lipinski definition) is 1. The van der Waals surface area contributed by atoms with Gasteiger partial charge in [-0.1, -0.05) is 61.9 Å². The number of hydrogen-bond acceptors (Lipinski definition) is 6. The molecule has 0 aliphatic carbocycles. The highest BCUT2D eigenvalue weighted by atomic mass is 16.5. The van der Waals surface area contributed by atoms with Crippen molar-refractivity contribution in [3.8, 4) is 22.5 Å². The summed E-state index contributed by atoms with van der Waals surface area (Å²) in [5.41, 5.74) is 7.83. The summed E-state index contributed by atoms with van der Waals surface area (Å²) >= 11 is 0. The van der Waals surface area contributed by atoms with Crippen molar-refractivity contribution in [2.24, 2.45) is 0 Å². The van der Waals surface area contributed by atoms with Gasteiger partial charge in [-0.25, -0.2) is 4.52 Å². The van der Waals surface area contributed by atoms with Crippen LogP contribution in [0.25, 0.3) is 28.2 Å². The Morgan fingerprint density at radius 2 is 1.82 bits per heavy atom. The van der Waals surface area contributed by atoms with E-state index >= 15 is 0 Å². The van der Waals surface area contributed by atoms with Crippen molar-refractivity contribution in [2.75, 3.05) is 13.2 Å². The summed E-state index contributed by atoms with van der Waals surface area (Å²) in [6.07, 6.45) is 3.96. The van der Waals surface area contributed by atoms with Crippen molar-refractivity contribution in [2.45, 2.75) is 52.0 Å². The molecule has 38 heavy (non-hydrogen) atoms. The zero-order chi connectivity index (χ0) is 26.1. The van der Waals surface area contributed by atoms with Gasteiger partial charge < -0.3 is 4.74 Å². The maximum atomic E-state index is 14.1. The van der Waals surface area contributed by atoms with Gasteiger partial charge in [0.1, 0.15) is 5.65 Å². The minimum atomic E-state index is 0.0966. The second kappa shape index (κ2) is 10.3. The number of aromatic amines is 1. The summed E-state index contributed by atoms with van der Waals surface area (Å²) < 4.78 is 9.59. The van der Waals surface area contributed by atoms with Gasteiger partial charge in [0.2, 0.25) is 5.82 Å². The number of fused-ring (bicyclic) bond motifs is 1. The van der Waals surface area contributed by atoms with Crippen LogP contribution in [-0.2, 0) is 17.6 Å². The average Bonchev–Trinajstić information content (AvgIpc) is 3.62. The number of H-pyrrole nitrogens is 1. The van der Waals surface area contributed by atoms with Gasteiger partial charge in [-0.05, 0) is 48.1 Å². The van der Waals surface area contributed by atoms with E-state index in [1.54, 1.807) is 0 Å². The minimum Gasteiger partial charge on any atom is -0.381 e. The van der Waals surface area contributed by atoms with Crippen molar-refractivity contribution in [1.82, 2.24) is 34.8 Å². The highest BCUT2D eigenvalue weighted by Gasteiger charge is 2.25. The van der Waals surface area contributed by atoms with E-state index in [0.717, 1.165) is 70.5 Å². The average molecular weight is 510 g/mol. The van der Waals surface area contributed by atoms with Crippen LogP contribution in [0.2, 0.25) is 0 Å². The third-order valence-electron chi connectivity index (χ3n) is 7.34. The van der Waals surface area contributed by atoms with E-state index in [0.29, 0.717) is 25.5 Å². The molecule has 3 aromatic heterocycles. The molecule has 0 bridgehead atoms. The molecule has 2 aromatic carbocycles. The minimum absolute atomic E-state index is 0.0966. The summed E-state index contributed by atoms with van der Waals surface area (Å²) in [6, 6.07) is 18.6. The lowest BCUT2D eigenvalue weighted by Gasteiger charge is -2.26. The quantitative estimate of drug-likeness (QED) is 0.345. The molecule has 0 spiro atoms. The van der Waals surface area contributed by atoms with E-state index < -0.39 is 0 Å². The van der Waals surface area contributed by atoms with Gasteiger partial charge in [-0.2, -0.15) is 10.3 Å². The number of rotatable bonds is 7. The highest BCUT2D eigenvalue weighted by molar-refractivity contribution is 5.80. The second-order valence-corrected chi connectivity index (χ2v) is 9.90. The number of nitrogens with zero attached hydrogens (tertiary/aromatic N) is 6. The monoisotopic (exact) mass is 509 g/mol. The fraction of sp³-hybridized carbons (Fsp3) is 0.345. The molecule has 0 unspecified atom stereocenters. The van der Waals surface area contributed by atoms with Crippen LogP contribution < -0.4 is 5.56 Å². The molecule has 1 saturated heterocycles. The Morgan fingerprint density at radius 3 is 2.53 bits per heavy atom. The lowest BCUT2D eigenvalue weighted by molar-refractivity contribution is 0.0694. The Kier molecular flexibility index (Phi) is 6.59. The lowest BCUT2D eigenvalue weighted by atomic mass is 9.96. The number of ether oxygens (including phenoxy) is 1. The zero-order valence-electron chi connectivity index (χ0n) is 21.7. The van der Waals surface area contributed by atoms with Crippen molar-refractivity contribution in [1.29, 1.82) is 0 Å². The van der Waals surface area contributed by atoms with Crippen LogP contribution in [0.1, 0.15) is 54.7 Å². The van der Waals surface area contributed by atoms with Crippen molar-refractivity contribution in [3.63, 3.8) is 0 Å². The third kappa shape index (κ3) is 4.43. The molecule has 0 amide bonds. The first-order valence-electron chi connectivity index (χ1n) is 13.3. The fourth-order valence-electron chi connectivity index (χ4n) is 5.54. The largest absolute Gasteiger partial charge is 0.381 e. The lowest BCUT2D eigenvalue weighted by Crippen LogP contribution is -2.34. The topological polar surface area (TPSA) is 103 Å². The maximum Gasteiger partial charge on any atom is 0.257 e. The molecule has 1 fully saturated rings. The second-order valence-electron chi connectivity index (χ2n) is 9.90. The van der Waals surface area contributed by atoms with E-state index in [1.807, 2.05) is 40.3 Å². The number of tetrazole rings is 1. The fourth-order valence-corrected chi connectivity index (χ4v) is 5.54.